The normalized spacial score (nSPS) is 10.5. The fourth-order valence-corrected chi connectivity index (χ4v) is 1.81. The van der Waals surface area contributed by atoms with Crippen LogP contribution in [-0.4, -0.2) is 16.1 Å². The van der Waals surface area contributed by atoms with Crippen molar-refractivity contribution in [2.45, 2.75) is 6.42 Å². The fourth-order valence-electron chi connectivity index (χ4n) is 1.56. The molecule has 2 aromatic rings. The number of carbonyl (C=O) groups is 1. The Morgan fingerprint density at radius 3 is 2.14 bits per heavy atom. The molecule has 106 valence electrons. The molecule has 5 nitrogen and oxygen atoms in total. The van der Waals surface area contributed by atoms with Gasteiger partial charge in [-0.3, -0.25) is 4.79 Å². The SMILES string of the molecule is O=C(O)CC(=S)Nc1ccc(N=Nc2ccccc2)cc1. The maximum absolute atomic E-state index is 10.5. The van der Waals surface area contributed by atoms with Crippen LogP contribution in [0.3, 0.4) is 0 Å². The summed E-state index contributed by atoms with van der Waals surface area (Å²) in [4.78, 5) is 10.8. The van der Waals surface area contributed by atoms with Gasteiger partial charge in [-0.2, -0.15) is 10.2 Å². The van der Waals surface area contributed by atoms with E-state index < -0.39 is 5.97 Å². The Bertz CT molecular complexity index is 654. The molecule has 2 rings (SSSR count). The molecular formula is C15H13N3O2S. The molecule has 0 fully saturated rings. The molecule has 0 unspecified atom stereocenters. The second-order valence-corrected chi connectivity index (χ2v) is 4.69. The molecule has 6 heteroatoms. The van der Waals surface area contributed by atoms with Gasteiger partial charge in [-0.1, -0.05) is 30.4 Å². The predicted molar refractivity (Wildman–Crippen MR) is 85.5 cm³/mol. The molecule has 0 bridgehead atoms. The van der Waals surface area contributed by atoms with E-state index in [0.717, 1.165) is 11.4 Å². The van der Waals surface area contributed by atoms with Crippen LogP contribution in [0.25, 0.3) is 0 Å². The van der Waals surface area contributed by atoms with Crippen LogP contribution >= 0.6 is 12.2 Å². The number of benzene rings is 2. The summed E-state index contributed by atoms with van der Waals surface area (Å²) < 4.78 is 0. The molecule has 0 amide bonds. The van der Waals surface area contributed by atoms with Crippen LogP contribution in [0.4, 0.5) is 17.1 Å². The molecule has 0 heterocycles. The topological polar surface area (TPSA) is 74.0 Å². The highest BCUT2D eigenvalue weighted by molar-refractivity contribution is 7.80. The summed E-state index contributed by atoms with van der Waals surface area (Å²) in [5.74, 6) is -0.958. The summed E-state index contributed by atoms with van der Waals surface area (Å²) in [6.07, 6.45) is -0.190. The Morgan fingerprint density at radius 2 is 1.57 bits per heavy atom. The minimum Gasteiger partial charge on any atom is -0.481 e. The van der Waals surface area contributed by atoms with E-state index in [1.165, 1.54) is 0 Å². The van der Waals surface area contributed by atoms with Crippen molar-refractivity contribution in [1.29, 1.82) is 0 Å². The van der Waals surface area contributed by atoms with E-state index in [4.69, 9.17) is 17.3 Å². The number of nitrogens with one attached hydrogen (secondary N) is 1. The van der Waals surface area contributed by atoms with Gasteiger partial charge in [0.2, 0.25) is 0 Å². The number of rotatable bonds is 5. The molecule has 21 heavy (non-hydrogen) atoms. The number of hydrogen-bond acceptors (Lipinski definition) is 4. The second kappa shape index (κ2) is 7.25. The Hall–Kier alpha value is -2.60. The maximum atomic E-state index is 10.5. The molecule has 0 saturated heterocycles. The number of nitrogens with zero attached hydrogens (tertiary/aromatic N) is 2. The van der Waals surface area contributed by atoms with Gasteiger partial charge in [0.05, 0.1) is 22.8 Å². The first-order chi connectivity index (χ1) is 10.1. The van der Waals surface area contributed by atoms with Crippen molar-refractivity contribution < 1.29 is 9.90 Å². The average molecular weight is 299 g/mol. The van der Waals surface area contributed by atoms with E-state index in [0.29, 0.717) is 5.69 Å². The lowest BCUT2D eigenvalue weighted by molar-refractivity contribution is -0.135. The molecular weight excluding hydrogens is 286 g/mol. The maximum Gasteiger partial charge on any atom is 0.310 e. The first-order valence-electron chi connectivity index (χ1n) is 6.22. The van der Waals surface area contributed by atoms with Crippen molar-refractivity contribution in [2.24, 2.45) is 10.2 Å². The van der Waals surface area contributed by atoms with Crippen molar-refractivity contribution in [3.63, 3.8) is 0 Å². The molecule has 0 spiro atoms. The molecule has 0 aliphatic heterocycles. The number of carboxylic acids is 1. The van der Waals surface area contributed by atoms with E-state index in [1.807, 2.05) is 30.3 Å². The quantitative estimate of drug-likeness (QED) is 0.637. The van der Waals surface area contributed by atoms with Gasteiger partial charge in [-0.05, 0) is 36.4 Å². The lowest BCUT2D eigenvalue weighted by Gasteiger charge is -2.05. The van der Waals surface area contributed by atoms with Crippen molar-refractivity contribution in [3.05, 3.63) is 54.6 Å². The third-order valence-corrected chi connectivity index (χ3v) is 2.75. The summed E-state index contributed by atoms with van der Waals surface area (Å²) in [6.45, 7) is 0. The molecule has 0 aliphatic carbocycles. The highest BCUT2D eigenvalue weighted by Gasteiger charge is 2.03. The third-order valence-electron chi connectivity index (χ3n) is 2.50. The third kappa shape index (κ3) is 5.12. The van der Waals surface area contributed by atoms with Crippen LogP contribution in [0.2, 0.25) is 0 Å². The zero-order valence-electron chi connectivity index (χ0n) is 11.1. The Balaban J connectivity index is 1.97. The smallest absolute Gasteiger partial charge is 0.310 e. The molecule has 0 atom stereocenters. The highest BCUT2D eigenvalue weighted by Crippen LogP contribution is 2.20. The second-order valence-electron chi connectivity index (χ2n) is 4.20. The molecule has 2 N–H and O–H groups in total. The van der Waals surface area contributed by atoms with Gasteiger partial charge in [0.1, 0.15) is 0 Å². The molecule has 0 aliphatic rings. The van der Waals surface area contributed by atoms with E-state index in [-0.39, 0.29) is 11.4 Å². The van der Waals surface area contributed by atoms with Crippen molar-refractivity contribution in [1.82, 2.24) is 0 Å². The molecule has 2 aromatic carbocycles. The van der Waals surface area contributed by atoms with Crippen LogP contribution in [0, 0.1) is 0 Å². The Kier molecular flexibility index (Phi) is 5.11. The zero-order chi connectivity index (χ0) is 15.1. The summed E-state index contributed by atoms with van der Waals surface area (Å²) in [6, 6.07) is 16.5. The lowest BCUT2D eigenvalue weighted by Crippen LogP contribution is -2.13. The highest BCUT2D eigenvalue weighted by atomic mass is 32.1. The zero-order valence-corrected chi connectivity index (χ0v) is 11.9. The average Bonchev–Trinajstić information content (AvgIpc) is 2.47. The van der Waals surface area contributed by atoms with Gasteiger partial charge >= 0.3 is 5.97 Å². The van der Waals surface area contributed by atoms with Crippen LogP contribution in [0.1, 0.15) is 6.42 Å². The molecule has 0 radical (unpaired) electrons. The molecule has 0 aromatic heterocycles. The molecule has 0 saturated carbocycles. The number of aliphatic carboxylic acids is 1. The predicted octanol–water partition coefficient (Wildman–Crippen LogP) is 4.32. The van der Waals surface area contributed by atoms with Gasteiger partial charge in [-0.15, -0.1) is 0 Å². The standard InChI is InChI=1S/C15H13N3O2S/c19-15(20)10-14(21)16-11-6-8-13(9-7-11)18-17-12-4-2-1-3-5-12/h1-9H,10H2,(H,16,21)(H,19,20). The fraction of sp³-hybridized carbons (Fsp3) is 0.0667. The number of carboxylic acid groups (broad SMARTS) is 1. The van der Waals surface area contributed by atoms with Crippen LogP contribution in [0.15, 0.2) is 64.8 Å². The lowest BCUT2D eigenvalue weighted by atomic mass is 10.3. The van der Waals surface area contributed by atoms with Gasteiger partial charge in [0.25, 0.3) is 0 Å². The first-order valence-corrected chi connectivity index (χ1v) is 6.63. The largest absolute Gasteiger partial charge is 0.481 e. The number of azo groups is 1. The summed E-state index contributed by atoms with van der Waals surface area (Å²) in [5, 5.41) is 19.7. The van der Waals surface area contributed by atoms with Gasteiger partial charge in [0.15, 0.2) is 0 Å². The van der Waals surface area contributed by atoms with Crippen molar-refractivity contribution in [3.8, 4) is 0 Å². The number of thiocarbonyl (C=S) groups is 1. The van der Waals surface area contributed by atoms with E-state index in [2.05, 4.69) is 15.5 Å². The Morgan fingerprint density at radius 1 is 1.00 bits per heavy atom. The summed E-state index contributed by atoms with van der Waals surface area (Å²) in [7, 11) is 0. The van der Waals surface area contributed by atoms with E-state index in [9.17, 15) is 4.79 Å². The Labute approximate surface area is 127 Å². The minimum atomic E-state index is -0.958. The van der Waals surface area contributed by atoms with Gasteiger partial charge < -0.3 is 10.4 Å². The van der Waals surface area contributed by atoms with Crippen LogP contribution in [-0.2, 0) is 4.79 Å². The summed E-state index contributed by atoms with van der Waals surface area (Å²) in [5.41, 5.74) is 2.20. The van der Waals surface area contributed by atoms with E-state index >= 15 is 0 Å². The van der Waals surface area contributed by atoms with Gasteiger partial charge in [0, 0.05) is 5.69 Å². The summed E-state index contributed by atoms with van der Waals surface area (Å²) >= 11 is 4.93. The van der Waals surface area contributed by atoms with Crippen LogP contribution < -0.4 is 5.32 Å². The van der Waals surface area contributed by atoms with Crippen molar-refractivity contribution in [2.75, 3.05) is 5.32 Å². The van der Waals surface area contributed by atoms with Gasteiger partial charge in [-0.25, -0.2) is 0 Å². The first kappa shape index (κ1) is 14.8. The van der Waals surface area contributed by atoms with E-state index in [1.54, 1.807) is 24.3 Å². The van der Waals surface area contributed by atoms with Crippen molar-refractivity contribution >= 4 is 40.2 Å². The minimum absolute atomic E-state index is 0.190. The monoisotopic (exact) mass is 299 g/mol. The van der Waals surface area contributed by atoms with Crippen LogP contribution in [0.5, 0.6) is 0 Å². The number of anilines is 1. The number of hydrogen-bond donors (Lipinski definition) is 2.